The summed E-state index contributed by atoms with van der Waals surface area (Å²) >= 11 is 0. The lowest BCUT2D eigenvalue weighted by Gasteiger charge is -2.27. The lowest BCUT2D eigenvalue weighted by atomic mass is 10.1. The van der Waals surface area contributed by atoms with E-state index in [4.69, 9.17) is 4.74 Å². The second-order valence-electron chi connectivity index (χ2n) is 6.01. The zero-order valence-corrected chi connectivity index (χ0v) is 12.8. The summed E-state index contributed by atoms with van der Waals surface area (Å²) in [4.78, 5) is 13.9. The first-order chi connectivity index (χ1) is 8.26. The van der Waals surface area contributed by atoms with Crippen LogP contribution >= 0.6 is 0 Å². The van der Waals surface area contributed by atoms with Crippen molar-refractivity contribution in [3.8, 4) is 0 Å². The van der Waals surface area contributed by atoms with E-state index in [-0.39, 0.29) is 6.09 Å². The number of hydrogen-bond acceptors (Lipinski definition) is 2. The summed E-state index contributed by atoms with van der Waals surface area (Å²) in [5, 5.41) is 0. The molecule has 3 nitrogen and oxygen atoms in total. The van der Waals surface area contributed by atoms with Crippen LogP contribution in [0.3, 0.4) is 0 Å². The van der Waals surface area contributed by atoms with Crippen LogP contribution in [0.15, 0.2) is 12.2 Å². The quantitative estimate of drug-likeness (QED) is 0.664. The fourth-order valence-corrected chi connectivity index (χ4v) is 1.43. The van der Waals surface area contributed by atoms with Crippen LogP contribution in [0, 0.1) is 5.92 Å². The van der Waals surface area contributed by atoms with Crippen molar-refractivity contribution in [1.29, 1.82) is 0 Å². The first-order valence-corrected chi connectivity index (χ1v) is 6.85. The number of hydrogen-bond donors (Lipinski definition) is 0. The molecule has 0 aromatic rings. The van der Waals surface area contributed by atoms with Crippen LogP contribution in [0.25, 0.3) is 0 Å². The molecule has 0 N–H and O–H groups in total. The number of rotatable bonds is 6. The van der Waals surface area contributed by atoms with Gasteiger partial charge in [0.1, 0.15) is 5.60 Å². The number of nitrogens with zero attached hydrogens (tertiary/aromatic N) is 1. The monoisotopic (exact) mass is 255 g/mol. The molecule has 18 heavy (non-hydrogen) atoms. The molecule has 0 aliphatic rings. The average molecular weight is 255 g/mol. The van der Waals surface area contributed by atoms with Gasteiger partial charge in [0, 0.05) is 13.1 Å². The zero-order chi connectivity index (χ0) is 14.2. The van der Waals surface area contributed by atoms with Crippen molar-refractivity contribution in [2.75, 3.05) is 13.1 Å². The third-order valence-electron chi connectivity index (χ3n) is 2.43. The first kappa shape index (κ1) is 17.0. The molecular formula is C15H29NO2. The Morgan fingerprint density at radius 1 is 1.28 bits per heavy atom. The molecule has 0 saturated heterocycles. The molecule has 0 bridgehead atoms. The van der Waals surface area contributed by atoms with Crippen molar-refractivity contribution in [2.24, 2.45) is 5.92 Å². The second-order valence-corrected chi connectivity index (χ2v) is 6.01. The highest BCUT2D eigenvalue weighted by molar-refractivity contribution is 5.68. The molecule has 0 aromatic carbocycles. The third-order valence-corrected chi connectivity index (χ3v) is 2.43. The predicted molar refractivity (Wildman–Crippen MR) is 76.7 cm³/mol. The summed E-state index contributed by atoms with van der Waals surface area (Å²) in [5.41, 5.74) is -0.423. The minimum Gasteiger partial charge on any atom is -0.444 e. The first-order valence-electron chi connectivity index (χ1n) is 6.85. The molecule has 106 valence electrons. The number of allylic oxidation sites excluding steroid dienone is 1. The van der Waals surface area contributed by atoms with E-state index in [9.17, 15) is 4.79 Å². The van der Waals surface area contributed by atoms with Crippen LogP contribution in [-0.2, 0) is 4.74 Å². The molecule has 0 heterocycles. The summed E-state index contributed by atoms with van der Waals surface area (Å²) in [6, 6.07) is 0. The van der Waals surface area contributed by atoms with Crippen LogP contribution in [0.1, 0.15) is 54.4 Å². The molecule has 1 amide bonds. The van der Waals surface area contributed by atoms with Crippen molar-refractivity contribution in [3.63, 3.8) is 0 Å². The molecule has 0 aliphatic heterocycles. The van der Waals surface area contributed by atoms with Crippen LogP contribution in [-0.4, -0.2) is 29.7 Å². The third kappa shape index (κ3) is 9.08. The zero-order valence-electron chi connectivity index (χ0n) is 12.8. The Kier molecular flexibility index (Phi) is 7.72. The Morgan fingerprint density at radius 3 is 2.33 bits per heavy atom. The minimum absolute atomic E-state index is 0.201. The van der Waals surface area contributed by atoms with Gasteiger partial charge in [-0.15, -0.1) is 0 Å². The summed E-state index contributed by atoms with van der Waals surface area (Å²) in [6.45, 7) is 13.5. The van der Waals surface area contributed by atoms with Crippen LogP contribution in [0.2, 0.25) is 0 Å². The SMILES string of the molecule is CC=CCCN(CCC(C)C)C(=O)OC(C)(C)C. The largest absolute Gasteiger partial charge is 0.444 e. The fraction of sp³-hybridized carbons (Fsp3) is 0.800. The Morgan fingerprint density at radius 2 is 1.89 bits per heavy atom. The number of amides is 1. The minimum atomic E-state index is -0.423. The van der Waals surface area contributed by atoms with Gasteiger partial charge in [-0.1, -0.05) is 26.0 Å². The molecule has 3 heteroatoms. The Bertz CT molecular complexity index is 264. The molecule has 0 rings (SSSR count). The Balaban J connectivity index is 4.38. The lowest BCUT2D eigenvalue weighted by Crippen LogP contribution is -2.38. The topological polar surface area (TPSA) is 29.5 Å². The number of carbonyl (C=O) groups excluding carboxylic acids is 1. The molecule has 0 saturated carbocycles. The van der Waals surface area contributed by atoms with Crippen LogP contribution in [0.4, 0.5) is 4.79 Å². The van der Waals surface area contributed by atoms with Gasteiger partial charge in [0.2, 0.25) is 0 Å². The van der Waals surface area contributed by atoms with Crippen molar-refractivity contribution >= 4 is 6.09 Å². The van der Waals surface area contributed by atoms with Crippen molar-refractivity contribution < 1.29 is 9.53 Å². The summed E-state index contributed by atoms with van der Waals surface area (Å²) < 4.78 is 5.43. The second kappa shape index (κ2) is 8.17. The normalized spacial score (nSPS) is 12.2. The van der Waals surface area contributed by atoms with E-state index in [1.165, 1.54) is 0 Å². The van der Waals surface area contributed by atoms with Gasteiger partial charge in [-0.25, -0.2) is 4.79 Å². The summed E-state index contributed by atoms with van der Waals surface area (Å²) in [7, 11) is 0. The van der Waals surface area contributed by atoms with Gasteiger partial charge >= 0.3 is 6.09 Å². The van der Waals surface area contributed by atoms with E-state index in [2.05, 4.69) is 19.9 Å². The lowest BCUT2D eigenvalue weighted by molar-refractivity contribution is 0.0245. The van der Waals surface area contributed by atoms with Gasteiger partial charge in [0.05, 0.1) is 0 Å². The van der Waals surface area contributed by atoms with Gasteiger partial charge in [0.15, 0.2) is 0 Å². The maximum absolute atomic E-state index is 12.0. The van der Waals surface area contributed by atoms with Crippen LogP contribution < -0.4 is 0 Å². The molecule has 0 fully saturated rings. The molecular weight excluding hydrogens is 226 g/mol. The molecule has 0 radical (unpaired) electrons. The van der Waals surface area contributed by atoms with E-state index in [0.717, 1.165) is 25.9 Å². The number of ether oxygens (including phenoxy) is 1. The molecule has 0 aliphatic carbocycles. The van der Waals surface area contributed by atoms with E-state index in [1.54, 1.807) is 0 Å². The van der Waals surface area contributed by atoms with Gasteiger partial charge in [-0.05, 0) is 46.5 Å². The highest BCUT2D eigenvalue weighted by Crippen LogP contribution is 2.12. The van der Waals surface area contributed by atoms with E-state index in [1.807, 2.05) is 38.7 Å². The summed E-state index contributed by atoms with van der Waals surface area (Å²) in [5.74, 6) is 0.594. The maximum atomic E-state index is 12.0. The molecule has 0 unspecified atom stereocenters. The van der Waals surface area contributed by atoms with Gasteiger partial charge < -0.3 is 9.64 Å². The van der Waals surface area contributed by atoms with Crippen molar-refractivity contribution in [2.45, 2.75) is 60.0 Å². The van der Waals surface area contributed by atoms with Gasteiger partial charge in [-0.3, -0.25) is 0 Å². The van der Waals surface area contributed by atoms with Crippen molar-refractivity contribution in [3.05, 3.63) is 12.2 Å². The van der Waals surface area contributed by atoms with E-state index >= 15 is 0 Å². The maximum Gasteiger partial charge on any atom is 0.410 e. The Hall–Kier alpha value is -0.990. The Labute approximate surface area is 112 Å². The fourth-order valence-electron chi connectivity index (χ4n) is 1.43. The van der Waals surface area contributed by atoms with E-state index in [0.29, 0.717) is 5.92 Å². The summed E-state index contributed by atoms with van der Waals surface area (Å²) in [6.07, 6.45) is 5.78. The van der Waals surface area contributed by atoms with Gasteiger partial charge in [0.25, 0.3) is 0 Å². The van der Waals surface area contributed by atoms with E-state index < -0.39 is 5.60 Å². The predicted octanol–water partition coefficient (Wildman–Crippen LogP) is 4.24. The number of carbonyl (C=O) groups is 1. The highest BCUT2D eigenvalue weighted by atomic mass is 16.6. The average Bonchev–Trinajstić information content (AvgIpc) is 2.20. The van der Waals surface area contributed by atoms with Crippen molar-refractivity contribution in [1.82, 2.24) is 4.90 Å². The smallest absolute Gasteiger partial charge is 0.410 e. The van der Waals surface area contributed by atoms with Gasteiger partial charge in [-0.2, -0.15) is 0 Å². The standard InChI is InChI=1S/C15H29NO2/c1-7-8-9-11-16(12-10-13(2)3)14(17)18-15(4,5)6/h7-8,13H,9-12H2,1-6H3. The highest BCUT2D eigenvalue weighted by Gasteiger charge is 2.21. The molecule has 0 aromatic heterocycles. The van der Waals surface area contributed by atoms with Crippen LogP contribution in [0.5, 0.6) is 0 Å². The molecule has 0 spiro atoms. The molecule has 0 atom stereocenters.